The first-order chi connectivity index (χ1) is 14.2. The number of β-amino-alcohol motifs (C(OH)–C–C–N with tert-alkyl or cyclic N) is 1. The molecule has 4 rings (SSSR count). The van der Waals surface area contributed by atoms with Gasteiger partial charge < -0.3 is 24.8 Å². The molecular weight excluding hydrogens is 408 g/mol. The van der Waals surface area contributed by atoms with Crippen molar-refractivity contribution >= 4 is 15.8 Å². The highest BCUT2D eigenvalue weighted by Crippen LogP contribution is 2.37. The first kappa shape index (κ1) is 21.9. The zero-order valence-electron chi connectivity index (χ0n) is 17.9. The minimum atomic E-state index is -3.72. The lowest BCUT2D eigenvalue weighted by Gasteiger charge is -2.38. The predicted octanol–water partition coefficient (Wildman–Crippen LogP) is 0.641. The van der Waals surface area contributed by atoms with E-state index in [2.05, 4.69) is 10.3 Å². The number of likely N-dealkylation sites (N-methyl/N-ethyl adjacent to an activating group) is 1. The molecule has 0 radical (unpaired) electrons. The number of aliphatic hydroxyl groups is 1. The third-order valence-corrected chi connectivity index (χ3v) is 8.40. The summed E-state index contributed by atoms with van der Waals surface area (Å²) in [6.45, 7) is 6.94. The molecule has 9 nitrogen and oxygen atoms in total. The van der Waals surface area contributed by atoms with Gasteiger partial charge in [0.25, 0.3) is 0 Å². The fourth-order valence-electron chi connectivity index (χ4n) is 4.68. The van der Waals surface area contributed by atoms with Crippen LogP contribution in [0.2, 0.25) is 0 Å². The van der Waals surface area contributed by atoms with Gasteiger partial charge in [-0.25, -0.2) is 13.4 Å². The summed E-state index contributed by atoms with van der Waals surface area (Å²) < 4.78 is 40.0. The van der Waals surface area contributed by atoms with Gasteiger partial charge in [0.2, 0.25) is 10.0 Å². The standard InChI is InChI=1S/C20H32N4O5S/c1-14-4-5-18(19(21-14)22-16-12-23(3)13-17(16)25)30(26,27)24-8-6-15(7-9-24)20(2)28-10-11-29-20/h4-5,15-17,25H,6-13H2,1-3H3,(H,21,22)/t16-,17-/m1/s1. The summed E-state index contributed by atoms with van der Waals surface area (Å²) in [6.07, 6.45) is 0.796. The van der Waals surface area contributed by atoms with E-state index in [4.69, 9.17) is 9.47 Å². The average Bonchev–Trinajstić information content (AvgIpc) is 3.28. The average molecular weight is 441 g/mol. The summed E-state index contributed by atoms with van der Waals surface area (Å²) in [5.41, 5.74) is 0.722. The number of pyridine rings is 1. The molecule has 3 aliphatic rings. The van der Waals surface area contributed by atoms with Crippen molar-refractivity contribution in [2.45, 2.75) is 49.5 Å². The van der Waals surface area contributed by atoms with E-state index in [9.17, 15) is 13.5 Å². The highest BCUT2D eigenvalue weighted by atomic mass is 32.2. The number of aryl methyl sites for hydroxylation is 1. The molecule has 0 amide bonds. The lowest BCUT2D eigenvalue weighted by atomic mass is 9.90. The Morgan fingerprint density at radius 1 is 1.20 bits per heavy atom. The number of likely N-dealkylation sites (tertiary alicyclic amines) is 1. The van der Waals surface area contributed by atoms with Crippen LogP contribution in [0.5, 0.6) is 0 Å². The van der Waals surface area contributed by atoms with Gasteiger partial charge >= 0.3 is 0 Å². The Bertz CT molecular complexity index is 866. The van der Waals surface area contributed by atoms with E-state index in [0.717, 1.165) is 5.69 Å². The van der Waals surface area contributed by atoms with Crippen molar-refractivity contribution in [2.75, 3.05) is 51.8 Å². The van der Waals surface area contributed by atoms with Gasteiger partial charge in [0.1, 0.15) is 10.7 Å². The Balaban J connectivity index is 1.51. The minimum absolute atomic E-state index is 0.160. The molecule has 0 aromatic carbocycles. The topological polar surface area (TPSA) is 104 Å². The molecule has 2 atom stereocenters. The van der Waals surface area contributed by atoms with E-state index < -0.39 is 21.9 Å². The predicted molar refractivity (Wildman–Crippen MR) is 112 cm³/mol. The van der Waals surface area contributed by atoms with Crippen molar-refractivity contribution in [3.05, 3.63) is 17.8 Å². The lowest BCUT2D eigenvalue weighted by molar-refractivity contribution is -0.188. The molecule has 1 aromatic rings. The molecule has 3 saturated heterocycles. The number of ether oxygens (including phenoxy) is 2. The second-order valence-corrected chi connectivity index (χ2v) is 10.6. The third-order valence-electron chi connectivity index (χ3n) is 6.47. The van der Waals surface area contributed by atoms with Gasteiger partial charge in [-0.15, -0.1) is 0 Å². The first-order valence-corrected chi connectivity index (χ1v) is 12.0. The van der Waals surface area contributed by atoms with Crippen LogP contribution in [0, 0.1) is 12.8 Å². The molecule has 10 heteroatoms. The van der Waals surface area contributed by atoms with Crippen molar-refractivity contribution in [2.24, 2.45) is 5.92 Å². The zero-order valence-corrected chi connectivity index (χ0v) is 18.7. The van der Waals surface area contributed by atoms with Gasteiger partial charge in [-0.1, -0.05) is 0 Å². The summed E-state index contributed by atoms with van der Waals surface area (Å²) in [7, 11) is -1.79. The van der Waals surface area contributed by atoms with E-state index in [0.29, 0.717) is 58.1 Å². The maximum absolute atomic E-state index is 13.5. The second-order valence-electron chi connectivity index (χ2n) is 8.73. The number of rotatable bonds is 5. The molecule has 1 aromatic heterocycles. The number of hydrogen-bond donors (Lipinski definition) is 2. The zero-order chi connectivity index (χ0) is 21.5. The van der Waals surface area contributed by atoms with Crippen molar-refractivity contribution in [3.8, 4) is 0 Å². The maximum Gasteiger partial charge on any atom is 0.246 e. The van der Waals surface area contributed by atoms with Gasteiger partial charge in [-0.05, 0) is 45.9 Å². The van der Waals surface area contributed by atoms with Gasteiger partial charge in [0, 0.05) is 37.8 Å². The van der Waals surface area contributed by atoms with Crippen molar-refractivity contribution in [1.29, 1.82) is 0 Å². The highest BCUT2D eigenvalue weighted by molar-refractivity contribution is 7.89. The molecule has 2 N–H and O–H groups in total. The van der Waals surface area contributed by atoms with Crippen LogP contribution in [-0.2, 0) is 19.5 Å². The van der Waals surface area contributed by atoms with Crippen molar-refractivity contribution in [3.63, 3.8) is 0 Å². The fourth-order valence-corrected chi connectivity index (χ4v) is 6.24. The van der Waals surface area contributed by atoms with E-state index in [1.165, 1.54) is 4.31 Å². The summed E-state index contributed by atoms with van der Waals surface area (Å²) in [5, 5.41) is 13.5. The molecular formula is C20H32N4O5S. The largest absolute Gasteiger partial charge is 0.390 e. The Morgan fingerprint density at radius 3 is 2.47 bits per heavy atom. The molecule has 168 valence electrons. The van der Waals surface area contributed by atoms with Crippen LogP contribution in [0.1, 0.15) is 25.5 Å². The van der Waals surface area contributed by atoms with Crippen LogP contribution in [0.15, 0.2) is 17.0 Å². The molecule has 3 aliphatic heterocycles. The third kappa shape index (κ3) is 4.21. The van der Waals surface area contributed by atoms with E-state index in [1.807, 2.05) is 25.8 Å². The van der Waals surface area contributed by atoms with Gasteiger partial charge in [-0.2, -0.15) is 4.31 Å². The van der Waals surface area contributed by atoms with Gasteiger partial charge in [0.05, 0.1) is 25.4 Å². The summed E-state index contributed by atoms with van der Waals surface area (Å²) >= 11 is 0. The Labute approximate surface area is 178 Å². The molecule has 30 heavy (non-hydrogen) atoms. The number of nitrogens with one attached hydrogen (secondary N) is 1. The maximum atomic E-state index is 13.5. The molecule has 0 saturated carbocycles. The minimum Gasteiger partial charge on any atom is -0.390 e. The molecule has 3 fully saturated rings. The smallest absolute Gasteiger partial charge is 0.246 e. The molecule has 0 unspecified atom stereocenters. The van der Waals surface area contributed by atoms with Gasteiger partial charge in [-0.3, -0.25) is 0 Å². The van der Waals surface area contributed by atoms with Crippen LogP contribution in [0.3, 0.4) is 0 Å². The van der Waals surface area contributed by atoms with Crippen molar-refractivity contribution < 1.29 is 23.0 Å². The first-order valence-electron chi connectivity index (χ1n) is 10.6. The summed E-state index contributed by atoms with van der Waals surface area (Å²) in [6, 6.07) is 3.06. The van der Waals surface area contributed by atoms with Crippen LogP contribution in [-0.4, -0.2) is 92.1 Å². The molecule has 0 spiro atoms. The Morgan fingerprint density at radius 2 is 1.87 bits per heavy atom. The number of aromatic nitrogens is 1. The second kappa shape index (κ2) is 8.33. The Hall–Kier alpha value is -1.30. The number of anilines is 1. The fraction of sp³-hybridized carbons (Fsp3) is 0.750. The van der Waals surface area contributed by atoms with Crippen LogP contribution in [0.4, 0.5) is 5.82 Å². The quantitative estimate of drug-likeness (QED) is 0.688. The lowest BCUT2D eigenvalue weighted by Crippen LogP contribution is -2.46. The summed E-state index contributed by atoms with van der Waals surface area (Å²) in [5.74, 6) is -0.131. The molecule has 0 bridgehead atoms. The van der Waals surface area contributed by atoms with Gasteiger partial charge in [0.15, 0.2) is 5.79 Å². The van der Waals surface area contributed by atoms with E-state index in [1.54, 1.807) is 12.1 Å². The van der Waals surface area contributed by atoms with Crippen LogP contribution < -0.4 is 5.32 Å². The number of aliphatic hydroxyl groups excluding tert-OH is 1. The monoisotopic (exact) mass is 440 g/mol. The number of hydrogen-bond acceptors (Lipinski definition) is 8. The Kier molecular flexibility index (Phi) is 6.08. The highest BCUT2D eigenvalue weighted by Gasteiger charge is 2.43. The normalized spacial score (nSPS) is 28.8. The van der Waals surface area contributed by atoms with E-state index >= 15 is 0 Å². The number of piperidine rings is 1. The number of nitrogens with zero attached hydrogens (tertiary/aromatic N) is 3. The van der Waals surface area contributed by atoms with Crippen LogP contribution in [0.25, 0.3) is 0 Å². The van der Waals surface area contributed by atoms with Crippen molar-refractivity contribution in [1.82, 2.24) is 14.2 Å². The van der Waals surface area contributed by atoms with E-state index in [-0.39, 0.29) is 16.9 Å². The molecule has 4 heterocycles. The summed E-state index contributed by atoms with van der Waals surface area (Å²) in [4.78, 5) is 6.62. The molecule has 0 aliphatic carbocycles. The SMILES string of the molecule is Cc1ccc(S(=O)(=O)N2CCC(C3(C)OCCO3)CC2)c(N[C@@H]2CN(C)C[C@H]2O)n1. The number of sulfonamides is 1. The van der Waals surface area contributed by atoms with Crippen LogP contribution >= 0.6 is 0 Å².